The number of aromatic carboxylic acids is 1. The largest absolute Gasteiger partial charge is 0.496 e. The van der Waals surface area contributed by atoms with E-state index in [1.54, 1.807) is 48.5 Å². The Morgan fingerprint density at radius 3 is 2.62 bits per heavy atom. The van der Waals surface area contributed by atoms with E-state index in [0.29, 0.717) is 34.1 Å². The molecule has 3 aromatic rings. The van der Waals surface area contributed by atoms with Crippen molar-refractivity contribution in [2.45, 2.75) is 25.8 Å². The molecule has 1 unspecified atom stereocenters. The molecule has 1 aliphatic heterocycles. The Morgan fingerprint density at radius 1 is 1.19 bits per heavy atom. The quantitative estimate of drug-likeness (QED) is 0.209. The Bertz CT molecular complexity index is 1480. The second kappa shape index (κ2) is 13.7. The zero-order chi connectivity index (χ0) is 30.2. The first-order valence-corrected chi connectivity index (χ1v) is 13.7. The fraction of sp³-hybridized carbons (Fsp3) is 0.267. The smallest absolute Gasteiger partial charge is 0.337 e. The van der Waals surface area contributed by atoms with Crippen LogP contribution in [0.4, 0.5) is 10.5 Å². The maximum Gasteiger partial charge on any atom is 0.337 e. The van der Waals surface area contributed by atoms with E-state index in [9.17, 15) is 19.5 Å². The number of halogens is 1. The van der Waals surface area contributed by atoms with Gasteiger partial charge >= 0.3 is 12.0 Å². The first kappa shape index (κ1) is 30.2. The zero-order valence-corrected chi connectivity index (χ0v) is 23.9. The van der Waals surface area contributed by atoms with Crippen LogP contribution in [0.2, 0.25) is 5.02 Å². The lowest BCUT2D eigenvalue weighted by Crippen LogP contribution is -2.48. The molecule has 12 heteroatoms. The molecule has 0 bridgehead atoms. The molecule has 42 heavy (non-hydrogen) atoms. The van der Waals surface area contributed by atoms with Crippen molar-refractivity contribution in [2.75, 3.05) is 25.9 Å². The summed E-state index contributed by atoms with van der Waals surface area (Å²) in [6.45, 7) is 1.86. The third kappa shape index (κ3) is 7.29. The average molecular weight is 594 g/mol. The molecule has 3 aromatic carbocycles. The number of anilines is 1. The fourth-order valence-electron chi connectivity index (χ4n) is 4.63. The van der Waals surface area contributed by atoms with Crippen LogP contribution in [0.25, 0.3) is 0 Å². The molecule has 4 rings (SSSR count). The molecule has 1 fully saturated rings. The number of oxime groups is 1. The van der Waals surface area contributed by atoms with Crippen molar-refractivity contribution in [3.8, 4) is 11.5 Å². The first-order chi connectivity index (χ1) is 20.2. The van der Waals surface area contributed by atoms with Crippen molar-refractivity contribution >= 4 is 41.0 Å². The van der Waals surface area contributed by atoms with Gasteiger partial charge in [0.15, 0.2) is 11.6 Å². The molecular weight excluding hydrogens is 562 g/mol. The molecule has 0 aromatic heterocycles. The number of nitrogens with zero attached hydrogens (tertiary/aromatic N) is 2. The zero-order valence-electron chi connectivity index (χ0n) is 23.2. The number of amidine groups is 1. The summed E-state index contributed by atoms with van der Waals surface area (Å²) < 4.78 is 5.47. The van der Waals surface area contributed by atoms with E-state index in [1.807, 2.05) is 13.0 Å². The molecule has 1 saturated heterocycles. The van der Waals surface area contributed by atoms with Gasteiger partial charge in [-0.3, -0.25) is 9.69 Å². The summed E-state index contributed by atoms with van der Waals surface area (Å²) in [4.78, 5) is 45.5. The number of nitrogens with one attached hydrogen (secondary N) is 2. The monoisotopic (exact) mass is 593 g/mol. The van der Waals surface area contributed by atoms with Gasteiger partial charge in [-0.15, -0.1) is 0 Å². The van der Waals surface area contributed by atoms with E-state index in [4.69, 9.17) is 26.9 Å². The molecule has 220 valence electrons. The van der Waals surface area contributed by atoms with Crippen molar-refractivity contribution in [2.24, 2.45) is 11.1 Å². The van der Waals surface area contributed by atoms with Gasteiger partial charge in [-0.2, -0.15) is 0 Å². The number of imide groups is 1. The predicted octanol–water partition coefficient (Wildman–Crippen LogP) is 4.47. The van der Waals surface area contributed by atoms with E-state index < -0.39 is 29.9 Å². The predicted molar refractivity (Wildman–Crippen MR) is 159 cm³/mol. The van der Waals surface area contributed by atoms with Crippen LogP contribution in [0.15, 0.2) is 71.9 Å². The summed E-state index contributed by atoms with van der Waals surface area (Å²) in [6.07, 6.45) is 0.704. The molecule has 1 aliphatic rings. The lowest BCUT2D eigenvalue weighted by atomic mass is 9.97. The Morgan fingerprint density at radius 2 is 1.95 bits per heavy atom. The number of nitrogen functional groups attached to an aromatic ring is 1. The Hall–Kier alpha value is -4.77. The topological polar surface area (TPSA) is 156 Å². The van der Waals surface area contributed by atoms with E-state index in [0.717, 1.165) is 4.90 Å². The van der Waals surface area contributed by atoms with E-state index in [1.165, 1.54) is 19.2 Å². The molecule has 0 spiro atoms. The van der Waals surface area contributed by atoms with E-state index >= 15 is 0 Å². The lowest BCUT2D eigenvalue weighted by molar-refractivity contribution is -0.131. The van der Waals surface area contributed by atoms with Crippen LogP contribution in [0.3, 0.4) is 0 Å². The van der Waals surface area contributed by atoms with Crippen LogP contribution in [0, 0.1) is 5.92 Å². The second-order valence-corrected chi connectivity index (χ2v) is 10.1. The summed E-state index contributed by atoms with van der Waals surface area (Å²) in [7, 11) is 1.53. The summed E-state index contributed by atoms with van der Waals surface area (Å²) in [6, 6.07) is 17.4. The van der Waals surface area contributed by atoms with Gasteiger partial charge < -0.3 is 31.0 Å². The molecule has 0 aliphatic carbocycles. The fourth-order valence-corrected chi connectivity index (χ4v) is 4.82. The van der Waals surface area contributed by atoms with Crippen molar-refractivity contribution in [3.63, 3.8) is 0 Å². The minimum Gasteiger partial charge on any atom is -0.496 e. The van der Waals surface area contributed by atoms with Crippen LogP contribution < -0.4 is 25.9 Å². The minimum absolute atomic E-state index is 0.0349. The minimum atomic E-state index is -1.15. The summed E-state index contributed by atoms with van der Waals surface area (Å²) in [5.41, 5.74) is 7.30. The van der Waals surface area contributed by atoms with Crippen molar-refractivity contribution < 1.29 is 29.1 Å². The van der Waals surface area contributed by atoms with E-state index in [2.05, 4.69) is 15.8 Å². The van der Waals surface area contributed by atoms with Crippen molar-refractivity contribution in [1.82, 2.24) is 15.5 Å². The summed E-state index contributed by atoms with van der Waals surface area (Å²) in [5, 5.41) is 20.0. The standard InChI is InChI=1S/C30H32ClN5O6/c1-3-25(18-9-11-23(29(38)39)24(32)15-18)34-30(40)36-17-27(35-42-22-7-5-4-6-8-22)33-16-20(28(36)37)13-19-14-21(31)10-12-26(19)41-2/h4-12,14-15,20,25H,3,13,16-17,32H2,1-2H3,(H,33,35)(H,34,40)(H,38,39)/t20-,25?/m1/s1. The number of carbonyl (C=O) groups is 3. The van der Waals surface area contributed by atoms with Crippen LogP contribution in [-0.2, 0) is 11.2 Å². The van der Waals surface area contributed by atoms with Gasteiger partial charge in [0.05, 0.1) is 31.2 Å². The molecule has 11 nitrogen and oxygen atoms in total. The van der Waals surface area contributed by atoms with Gasteiger partial charge in [0, 0.05) is 17.3 Å². The molecule has 1 heterocycles. The van der Waals surface area contributed by atoms with Gasteiger partial charge in [-0.25, -0.2) is 9.59 Å². The number of methoxy groups -OCH3 is 1. The van der Waals surface area contributed by atoms with Gasteiger partial charge in [0.2, 0.25) is 5.91 Å². The molecule has 3 amide bonds. The number of para-hydroxylation sites is 1. The van der Waals surface area contributed by atoms with Gasteiger partial charge in [-0.1, -0.05) is 47.9 Å². The number of carboxylic acid groups (broad SMARTS) is 1. The number of ether oxygens (including phenoxy) is 1. The third-order valence-corrected chi connectivity index (χ3v) is 7.08. The van der Waals surface area contributed by atoms with Gasteiger partial charge in [0.25, 0.3) is 0 Å². The van der Waals surface area contributed by atoms with Crippen LogP contribution >= 0.6 is 11.6 Å². The van der Waals surface area contributed by atoms with Crippen molar-refractivity contribution in [1.29, 1.82) is 0 Å². The highest BCUT2D eigenvalue weighted by atomic mass is 35.5. The Kier molecular flexibility index (Phi) is 9.87. The number of hydrogen-bond acceptors (Lipinski definition) is 7. The number of carbonyl (C=O) groups excluding carboxylic acids is 2. The van der Waals surface area contributed by atoms with Gasteiger partial charge in [-0.05, 0) is 66.4 Å². The van der Waals surface area contributed by atoms with E-state index in [-0.39, 0.29) is 36.6 Å². The molecule has 0 radical (unpaired) electrons. The lowest BCUT2D eigenvalue weighted by Gasteiger charge is -2.26. The second-order valence-electron chi connectivity index (χ2n) is 9.67. The molecular formula is C30H32ClN5O6. The number of benzene rings is 3. The summed E-state index contributed by atoms with van der Waals surface area (Å²) in [5.74, 6) is -0.897. The number of hydrogen-bond donors (Lipinski definition) is 4. The van der Waals surface area contributed by atoms with Gasteiger partial charge in [0.1, 0.15) is 5.75 Å². The maximum absolute atomic E-state index is 13.8. The number of carboxylic acids is 1. The normalized spacial score (nSPS) is 16.7. The third-order valence-electron chi connectivity index (χ3n) is 6.85. The highest BCUT2D eigenvalue weighted by Gasteiger charge is 2.35. The highest BCUT2D eigenvalue weighted by molar-refractivity contribution is 6.30. The Balaban J connectivity index is 1.61. The highest BCUT2D eigenvalue weighted by Crippen LogP contribution is 2.27. The number of rotatable bonds is 9. The molecule has 2 atom stereocenters. The van der Waals surface area contributed by atoms with Crippen LogP contribution in [-0.4, -0.2) is 53.9 Å². The number of nitrogens with two attached hydrogens (primary N) is 1. The molecule has 5 N–H and O–H groups in total. The average Bonchev–Trinajstić information content (AvgIpc) is 3.13. The number of amides is 3. The summed E-state index contributed by atoms with van der Waals surface area (Å²) >= 11 is 6.22. The maximum atomic E-state index is 13.8. The van der Waals surface area contributed by atoms with Crippen LogP contribution in [0.1, 0.15) is 40.9 Å². The Labute approximate surface area is 248 Å². The SMILES string of the molecule is CCC(NC(=O)N1C/C(=N/Oc2ccccc2)NC[C@@H](Cc2cc(Cl)ccc2OC)C1=O)c1ccc(C(=O)O)c(N)c1. The number of urea groups is 1. The first-order valence-electron chi connectivity index (χ1n) is 13.3. The van der Waals surface area contributed by atoms with Crippen LogP contribution in [0.5, 0.6) is 11.5 Å². The molecule has 0 saturated carbocycles. The van der Waals surface area contributed by atoms with Crippen molar-refractivity contribution in [3.05, 3.63) is 88.4 Å².